The number of aryl methyl sites for hydroxylation is 1. The number of nitrogens with one attached hydrogen (secondary N) is 1. The van der Waals surface area contributed by atoms with Gasteiger partial charge in [-0.1, -0.05) is 66.7 Å². The molecule has 0 saturated heterocycles. The fourth-order valence-corrected chi connectivity index (χ4v) is 4.77. The fraction of sp³-hybridized carbons (Fsp3) is 0.129. The summed E-state index contributed by atoms with van der Waals surface area (Å²) in [5.41, 5.74) is 6.61. The Hall–Kier alpha value is -4.71. The van der Waals surface area contributed by atoms with Gasteiger partial charge in [0.1, 0.15) is 0 Å². The fourth-order valence-electron chi connectivity index (χ4n) is 4.77. The first kappa shape index (κ1) is 23.1. The average molecular weight is 468 g/mol. The van der Waals surface area contributed by atoms with Crippen molar-refractivity contribution in [3.63, 3.8) is 0 Å². The first-order chi connectivity index (χ1) is 17.7. The van der Waals surface area contributed by atoms with Crippen LogP contribution in [0.1, 0.15) is 34.0 Å². The summed E-state index contributed by atoms with van der Waals surface area (Å²) in [6.45, 7) is 0.584. The highest BCUT2D eigenvalue weighted by Crippen LogP contribution is 2.34. The second kappa shape index (κ2) is 10.3. The summed E-state index contributed by atoms with van der Waals surface area (Å²) in [7, 11) is 1.99. The largest absolute Gasteiger partial charge is 0.336 e. The van der Waals surface area contributed by atoms with Crippen LogP contribution in [0.2, 0.25) is 0 Å². The molecule has 0 bridgehead atoms. The molecule has 0 aliphatic heterocycles. The molecular weight excluding hydrogens is 442 g/mol. The maximum atomic E-state index is 9.97. The maximum absolute atomic E-state index is 9.97. The average Bonchev–Trinajstić information content (AvgIpc) is 3.36. The van der Waals surface area contributed by atoms with Crippen LogP contribution >= 0.6 is 0 Å². The van der Waals surface area contributed by atoms with Gasteiger partial charge in [0.2, 0.25) is 0 Å². The van der Waals surface area contributed by atoms with E-state index in [-0.39, 0.29) is 6.04 Å². The van der Waals surface area contributed by atoms with Gasteiger partial charge < -0.3 is 9.88 Å². The van der Waals surface area contributed by atoms with Crippen molar-refractivity contribution in [3.05, 3.63) is 125 Å². The number of hydrogen-bond acceptors (Lipinski definition) is 4. The van der Waals surface area contributed by atoms with Crippen LogP contribution in [-0.4, -0.2) is 9.55 Å². The molecule has 0 amide bonds. The molecule has 174 valence electrons. The standard InChI is InChI=1S/C31H25N5/c1-36-21-34-20-30(36)29(16-22-12-14-23(17-32)15-13-22)35-19-26-9-4-8-25(18-33)31(26)28-11-5-7-24-6-2-3-10-27(24)28/h2-15,20-21,29,35H,16,19H2,1H3. The molecule has 5 aromatic rings. The summed E-state index contributed by atoms with van der Waals surface area (Å²) in [6.07, 6.45) is 4.44. The van der Waals surface area contributed by atoms with Crippen molar-refractivity contribution < 1.29 is 0 Å². The van der Waals surface area contributed by atoms with Gasteiger partial charge in [-0.05, 0) is 52.1 Å². The van der Waals surface area contributed by atoms with Crippen molar-refractivity contribution >= 4 is 10.8 Å². The number of imidazole rings is 1. The minimum atomic E-state index is -0.00320. The van der Waals surface area contributed by atoms with E-state index in [9.17, 15) is 5.26 Å². The topological polar surface area (TPSA) is 77.4 Å². The molecule has 1 N–H and O–H groups in total. The lowest BCUT2D eigenvalue weighted by molar-refractivity contribution is 0.504. The Labute approximate surface area is 210 Å². The Bertz CT molecular complexity index is 1590. The number of hydrogen-bond donors (Lipinski definition) is 1. The van der Waals surface area contributed by atoms with Crippen LogP contribution in [0, 0.1) is 22.7 Å². The Morgan fingerprint density at radius 3 is 2.42 bits per heavy atom. The molecule has 36 heavy (non-hydrogen) atoms. The van der Waals surface area contributed by atoms with Crippen molar-refractivity contribution in [3.8, 4) is 23.3 Å². The van der Waals surface area contributed by atoms with Crippen LogP contribution in [0.3, 0.4) is 0 Å². The van der Waals surface area contributed by atoms with E-state index in [0.717, 1.165) is 45.1 Å². The molecular formula is C31H25N5. The molecule has 4 aromatic carbocycles. The van der Waals surface area contributed by atoms with E-state index in [0.29, 0.717) is 17.7 Å². The zero-order valence-corrected chi connectivity index (χ0v) is 20.0. The summed E-state index contributed by atoms with van der Waals surface area (Å²) >= 11 is 0. The SMILES string of the molecule is Cn1cncc1C(Cc1ccc(C#N)cc1)NCc1cccc(C#N)c1-c1cccc2ccccc12. The van der Waals surface area contributed by atoms with E-state index in [4.69, 9.17) is 5.26 Å². The van der Waals surface area contributed by atoms with Gasteiger partial charge in [-0.25, -0.2) is 4.98 Å². The van der Waals surface area contributed by atoms with Gasteiger partial charge in [0.25, 0.3) is 0 Å². The van der Waals surface area contributed by atoms with Crippen LogP contribution < -0.4 is 5.32 Å². The lowest BCUT2D eigenvalue weighted by atomic mass is 9.91. The van der Waals surface area contributed by atoms with Crippen LogP contribution in [0.15, 0.2) is 97.5 Å². The van der Waals surface area contributed by atoms with E-state index in [1.165, 1.54) is 0 Å². The molecule has 5 nitrogen and oxygen atoms in total. The first-order valence-electron chi connectivity index (χ1n) is 11.9. The molecule has 1 unspecified atom stereocenters. The van der Waals surface area contributed by atoms with Crippen molar-refractivity contribution in [1.82, 2.24) is 14.9 Å². The number of nitrogens with zero attached hydrogens (tertiary/aromatic N) is 4. The zero-order valence-electron chi connectivity index (χ0n) is 20.0. The molecule has 0 radical (unpaired) electrons. The number of benzene rings is 4. The first-order valence-corrected chi connectivity index (χ1v) is 11.9. The third kappa shape index (κ3) is 4.61. The summed E-state index contributed by atoms with van der Waals surface area (Å²) in [6, 6.07) is 32.7. The van der Waals surface area contributed by atoms with Crippen molar-refractivity contribution in [2.75, 3.05) is 0 Å². The Morgan fingerprint density at radius 1 is 0.889 bits per heavy atom. The summed E-state index contributed by atoms with van der Waals surface area (Å²) in [5.74, 6) is 0. The molecule has 5 heteroatoms. The highest BCUT2D eigenvalue weighted by Gasteiger charge is 2.18. The number of rotatable bonds is 7. The Kier molecular flexibility index (Phi) is 6.58. The van der Waals surface area contributed by atoms with E-state index < -0.39 is 0 Å². The van der Waals surface area contributed by atoms with E-state index in [2.05, 4.69) is 52.8 Å². The van der Waals surface area contributed by atoms with Gasteiger partial charge in [0, 0.05) is 25.4 Å². The number of fused-ring (bicyclic) bond motifs is 1. The minimum Gasteiger partial charge on any atom is -0.336 e. The molecule has 0 aliphatic rings. The Morgan fingerprint density at radius 2 is 1.67 bits per heavy atom. The molecule has 1 atom stereocenters. The molecule has 0 aliphatic carbocycles. The second-order valence-corrected chi connectivity index (χ2v) is 8.85. The molecule has 1 heterocycles. The Balaban J connectivity index is 1.51. The summed E-state index contributed by atoms with van der Waals surface area (Å²) in [4.78, 5) is 4.33. The van der Waals surface area contributed by atoms with Gasteiger partial charge in [-0.15, -0.1) is 0 Å². The maximum Gasteiger partial charge on any atom is 0.0998 e. The van der Waals surface area contributed by atoms with Gasteiger partial charge in [0.05, 0.1) is 41.3 Å². The van der Waals surface area contributed by atoms with Gasteiger partial charge >= 0.3 is 0 Å². The third-order valence-corrected chi connectivity index (χ3v) is 6.60. The van der Waals surface area contributed by atoms with Crippen LogP contribution in [0.4, 0.5) is 0 Å². The quantitative estimate of drug-likeness (QED) is 0.316. The number of nitriles is 2. The molecule has 0 spiro atoms. The van der Waals surface area contributed by atoms with E-state index in [1.807, 2.05) is 72.4 Å². The van der Waals surface area contributed by atoms with Crippen molar-refractivity contribution in [2.24, 2.45) is 7.05 Å². The van der Waals surface area contributed by atoms with Crippen molar-refractivity contribution in [2.45, 2.75) is 19.0 Å². The molecule has 1 aromatic heterocycles. The normalized spacial score (nSPS) is 11.6. The van der Waals surface area contributed by atoms with Crippen LogP contribution in [-0.2, 0) is 20.0 Å². The third-order valence-electron chi connectivity index (χ3n) is 6.60. The van der Waals surface area contributed by atoms with Gasteiger partial charge in [-0.3, -0.25) is 0 Å². The van der Waals surface area contributed by atoms with Crippen LogP contribution in [0.25, 0.3) is 21.9 Å². The van der Waals surface area contributed by atoms with Crippen molar-refractivity contribution in [1.29, 1.82) is 10.5 Å². The molecule has 0 fully saturated rings. The van der Waals surface area contributed by atoms with Crippen LogP contribution in [0.5, 0.6) is 0 Å². The van der Waals surface area contributed by atoms with E-state index in [1.54, 1.807) is 6.33 Å². The predicted molar refractivity (Wildman–Crippen MR) is 142 cm³/mol. The monoisotopic (exact) mass is 467 g/mol. The van der Waals surface area contributed by atoms with Gasteiger partial charge in [0.15, 0.2) is 0 Å². The van der Waals surface area contributed by atoms with E-state index >= 15 is 0 Å². The van der Waals surface area contributed by atoms with Gasteiger partial charge in [-0.2, -0.15) is 10.5 Å². The molecule has 0 saturated carbocycles. The number of aromatic nitrogens is 2. The minimum absolute atomic E-state index is 0.00320. The second-order valence-electron chi connectivity index (χ2n) is 8.85. The smallest absolute Gasteiger partial charge is 0.0998 e. The molecule has 5 rings (SSSR count). The predicted octanol–water partition coefficient (Wildman–Crippen LogP) is 6.06. The zero-order chi connectivity index (χ0) is 24.9. The lowest BCUT2D eigenvalue weighted by Crippen LogP contribution is -2.25. The highest BCUT2D eigenvalue weighted by molar-refractivity contribution is 5.98. The highest BCUT2D eigenvalue weighted by atomic mass is 15.1. The summed E-state index contributed by atoms with van der Waals surface area (Å²) < 4.78 is 2.03. The summed E-state index contributed by atoms with van der Waals surface area (Å²) in [5, 5.41) is 25.1. The lowest BCUT2D eigenvalue weighted by Gasteiger charge is -2.21.